The quantitative estimate of drug-likeness (QED) is 0.595. The van der Waals surface area contributed by atoms with Crippen molar-refractivity contribution in [2.45, 2.75) is 0 Å². The monoisotopic (exact) mass is 322 g/mol. The van der Waals surface area contributed by atoms with Crippen molar-refractivity contribution in [2.24, 2.45) is 0 Å². The van der Waals surface area contributed by atoms with E-state index in [1.807, 2.05) is 60.7 Å². The van der Waals surface area contributed by atoms with Gasteiger partial charge in [-0.2, -0.15) is 5.26 Å². The second-order valence-corrected chi connectivity index (χ2v) is 6.09. The Labute approximate surface area is 138 Å². The third kappa shape index (κ3) is 3.09. The molecule has 4 heteroatoms. The van der Waals surface area contributed by atoms with Crippen molar-refractivity contribution >= 4 is 34.6 Å². The molecule has 0 radical (unpaired) electrons. The number of thiophene rings is 1. The Morgan fingerprint density at radius 1 is 1.09 bits per heavy atom. The second-order valence-electron chi connectivity index (χ2n) is 4.57. The van der Waals surface area contributed by atoms with Crippen LogP contribution >= 0.6 is 22.9 Å². The summed E-state index contributed by atoms with van der Waals surface area (Å²) in [5.74, 6) is 0. The molecule has 0 aliphatic rings. The highest BCUT2D eigenvalue weighted by molar-refractivity contribution is 7.16. The van der Waals surface area contributed by atoms with Crippen molar-refractivity contribution < 1.29 is 0 Å². The molecule has 2 nitrogen and oxygen atoms in total. The van der Waals surface area contributed by atoms with Gasteiger partial charge in [0.15, 0.2) is 0 Å². The van der Waals surface area contributed by atoms with Gasteiger partial charge < -0.3 is 0 Å². The molecular formula is C18H11ClN2S. The summed E-state index contributed by atoms with van der Waals surface area (Å²) in [6.07, 6.45) is 3.54. The number of nitrogens with zero attached hydrogens (tertiary/aromatic N) is 2. The van der Waals surface area contributed by atoms with Gasteiger partial charge >= 0.3 is 0 Å². The number of benzene rings is 1. The minimum Gasteiger partial charge on any atom is -0.256 e. The Hall–Kier alpha value is -2.41. The molecule has 0 amide bonds. The molecule has 0 aliphatic carbocycles. The van der Waals surface area contributed by atoms with Crippen LogP contribution in [0.4, 0.5) is 0 Å². The van der Waals surface area contributed by atoms with Crippen molar-refractivity contribution in [1.82, 2.24) is 4.98 Å². The lowest BCUT2D eigenvalue weighted by Crippen LogP contribution is -1.84. The Morgan fingerprint density at radius 3 is 2.64 bits per heavy atom. The predicted molar refractivity (Wildman–Crippen MR) is 92.5 cm³/mol. The van der Waals surface area contributed by atoms with Gasteiger partial charge in [0, 0.05) is 26.5 Å². The summed E-state index contributed by atoms with van der Waals surface area (Å²) >= 11 is 7.82. The largest absolute Gasteiger partial charge is 0.256 e. The van der Waals surface area contributed by atoms with E-state index in [9.17, 15) is 5.26 Å². The van der Waals surface area contributed by atoms with E-state index in [-0.39, 0.29) is 0 Å². The predicted octanol–water partition coefficient (Wildman–Crippen LogP) is 5.53. The first-order valence-electron chi connectivity index (χ1n) is 6.66. The molecule has 0 spiro atoms. The molecule has 0 saturated heterocycles. The third-order valence-electron chi connectivity index (χ3n) is 3.11. The number of rotatable bonds is 3. The second kappa shape index (κ2) is 6.57. The van der Waals surface area contributed by atoms with E-state index in [2.05, 4.69) is 11.1 Å². The Bertz CT molecular complexity index is 860. The van der Waals surface area contributed by atoms with E-state index < -0.39 is 0 Å². The van der Waals surface area contributed by atoms with Crippen LogP contribution in [0, 0.1) is 11.3 Å². The number of allylic oxidation sites excluding steroid dienone is 1. The number of pyridine rings is 1. The van der Waals surface area contributed by atoms with Crippen LogP contribution in [0.1, 0.15) is 10.6 Å². The highest BCUT2D eigenvalue weighted by atomic mass is 35.5. The van der Waals surface area contributed by atoms with E-state index in [0.29, 0.717) is 11.3 Å². The average molecular weight is 323 g/mol. The van der Waals surface area contributed by atoms with E-state index in [0.717, 1.165) is 20.3 Å². The Morgan fingerprint density at radius 2 is 1.91 bits per heavy atom. The Balaban J connectivity index is 1.96. The minimum absolute atomic E-state index is 0.549. The zero-order valence-electron chi connectivity index (χ0n) is 11.5. The molecule has 1 aromatic carbocycles. The zero-order valence-corrected chi connectivity index (χ0v) is 13.1. The summed E-state index contributed by atoms with van der Waals surface area (Å²) in [7, 11) is 0. The summed E-state index contributed by atoms with van der Waals surface area (Å²) in [6.45, 7) is 0. The number of halogens is 1. The molecule has 0 saturated carbocycles. The number of hydrogen-bond acceptors (Lipinski definition) is 3. The SMILES string of the molecule is N#C/C(=C\c1ccc(-c2ccccc2Cl)s1)c1ccccn1. The topological polar surface area (TPSA) is 36.7 Å². The van der Waals surface area contributed by atoms with Crippen LogP contribution in [0.5, 0.6) is 0 Å². The molecule has 0 atom stereocenters. The fourth-order valence-electron chi connectivity index (χ4n) is 2.06. The van der Waals surface area contributed by atoms with Gasteiger partial charge in [0.25, 0.3) is 0 Å². The zero-order chi connectivity index (χ0) is 15.4. The standard InChI is InChI=1S/C18H11ClN2S/c19-16-6-2-1-5-15(16)18-9-8-14(22-18)11-13(12-20)17-7-3-4-10-21-17/h1-11H/b13-11+. The summed E-state index contributed by atoms with van der Waals surface area (Å²) in [5, 5.41) is 10.1. The van der Waals surface area contributed by atoms with Crippen LogP contribution in [-0.2, 0) is 0 Å². The summed E-state index contributed by atoms with van der Waals surface area (Å²) in [6, 6.07) is 19.5. The van der Waals surface area contributed by atoms with Crippen LogP contribution in [0.15, 0.2) is 60.8 Å². The van der Waals surface area contributed by atoms with E-state index in [1.165, 1.54) is 0 Å². The number of aromatic nitrogens is 1. The van der Waals surface area contributed by atoms with Crippen molar-refractivity contribution in [1.29, 1.82) is 5.26 Å². The molecule has 0 fully saturated rings. The first-order valence-corrected chi connectivity index (χ1v) is 7.85. The van der Waals surface area contributed by atoms with Gasteiger partial charge in [-0.15, -0.1) is 11.3 Å². The molecule has 3 aromatic rings. The highest BCUT2D eigenvalue weighted by Gasteiger charge is 2.07. The maximum atomic E-state index is 9.33. The lowest BCUT2D eigenvalue weighted by atomic mass is 10.1. The lowest BCUT2D eigenvalue weighted by molar-refractivity contribution is 1.28. The first-order chi connectivity index (χ1) is 10.8. The fraction of sp³-hybridized carbons (Fsp3) is 0. The lowest BCUT2D eigenvalue weighted by Gasteiger charge is -1.99. The first kappa shape index (κ1) is 14.5. The van der Waals surface area contributed by atoms with Crippen molar-refractivity contribution in [3.05, 3.63) is 76.4 Å². The molecule has 0 aliphatic heterocycles. The molecule has 2 heterocycles. The molecule has 106 valence electrons. The van der Waals surface area contributed by atoms with Crippen LogP contribution < -0.4 is 0 Å². The average Bonchev–Trinajstić information content (AvgIpc) is 3.02. The van der Waals surface area contributed by atoms with Gasteiger partial charge in [-0.25, -0.2) is 0 Å². The van der Waals surface area contributed by atoms with Gasteiger partial charge in [-0.1, -0.05) is 35.9 Å². The van der Waals surface area contributed by atoms with Gasteiger partial charge in [0.2, 0.25) is 0 Å². The highest BCUT2D eigenvalue weighted by Crippen LogP contribution is 2.34. The molecule has 22 heavy (non-hydrogen) atoms. The van der Waals surface area contributed by atoms with E-state index in [4.69, 9.17) is 11.6 Å². The maximum Gasteiger partial charge on any atom is 0.101 e. The van der Waals surface area contributed by atoms with Crippen molar-refractivity contribution in [3.63, 3.8) is 0 Å². The molecule has 0 unspecified atom stereocenters. The van der Waals surface area contributed by atoms with Gasteiger partial charge in [-0.05, 0) is 36.4 Å². The van der Waals surface area contributed by atoms with Crippen LogP contribution in [0.2, 0.25) is 5.02 Å². The molecule has 2 aromatic heterocycles. The van der Waals surface area contributed by atoms with Crippen LogP contribution in [0.3, 0.4) is 0 Å². The number of hydrogen-bond donors (Lipinski definition) is 0. The smallest absolute Gasteiger partial charge is 0.101 e. The summed E-state index contributed by atoms with van der Waals surface area (Å²) in [5.41, 5.74) is 2.23. The number of nitriles is 1. The van der Waals surface area contributed by atoms with Crippen molar-refractivity contribution in [2.75, 3.05) is 0 Å². The normalized spacial score (nSPS) is 11.2. The summed E-state index contributed by atoms with van der Waals surface area (Å²) < 4.78 is 0. The van der Waals surface area contributed by atoms with E-state index >= 15 is 0 Å². The molecule has 0 N–H and O–H groups in total. The third-order valence-corrected chi connectivity index (χ3v) is 4.51. The van der Waals surface area contributed by atoms with Crippen LogP contribution in [-0.4, -0.2) is 4.98 Å². The molecular weight excluding hydrogens is 312 g/mol. The van der Waals surface area contributed by atoms with Gasteiger partial charge in [-0.3, -0.25) is 4.98 Å². The van der Waals surface area contributed by atoms with Crippen molar-refractivity contribution in [3.8, 4) is 16.5 Å². The van der Waals surface area contributed by atoms with Crippen LogP contribution in [0.25, 0.3) is 22.1 Å². The van der Waals surface area contributed by atoms with E-state index in [1.54, 1.807) is 17.5 Å². The fourth-order valence-corrected chi connectivity index (χ4v) is 3.35. The Kier molecular flexibility index (Phi) is 4.34. The van der Waals surface area contributed by atoms with Gasteiger partial charge in [0.05, 0.1) is 11.3 Å². The van der Waals surface area contributed by atoms with Gasteiger partial charge in [0.1, 0.15) is 6.07 Å². The maximum absolute atomic E-state index is 9.33. The summed E-state index contributed by atoms with van der Waals surface area (Å²) in [4.78, 5) is 6.29. The molecule has 0 bridgehead atoms. The minimum atomic E-state index is 0.549. The molecule has 3 rings (SSSR count).